The summed E-state index contributed by atoms with van der Waals surface area (Å²) in [6, 6.07) is 6.72. The van der Waals surface area contributed by atoms with Gasteiger partial charge < -0.3 is 9.15 Å². The number of benzene rings is 1. The van der Waals surface area contributed by atoms with Crippen LogP contribution in [0.2, 0.25) is 5.02 Å². The summed E-state index contributed by atoms with van der Waals surface area (Å²) in [4.78, 5) is 27.5. The molecule has 0 aliphatic heterocycles. The number of carbonyl (C=O) groups excluding carboxylic acids is 2. The second-order valence-electron chi connectivity index (χ2n) is 4.64. The molecule has 0 spiro atoms. The number of hydrogen-bond acceptors (Lipinski definition) is 6. The lowest BCUT2D eigenvalue weighted by Crippen LogP contribution is -2.11. The Balaban J connectivity index is 1.74. The lowest BCUT2D eigenvalue weighted by molar-refractivity contribution is -0.139. The molecule has 1 aromatic carbocycles. The quantitative estimate of drug-likeness (QED) is 0.728. The monoisotopic (exact) mass is 350 g/mol. The minimum atomic E-state index is -0.420. The number of nitrogens with one attached hydrogen (secondary N) is 1. The molecule has 0 fully saturated rings. The highest BCUT2D eigenvalue weighted by atomic mass is 35.5. The van der Waals surface area contributed by atoms with E-state index in [0.717, 1.165) is 5.39 Å². The van der Waals surface area contributed by atoms with Gasteiger partial charge in [0.2, 0.25) is 0 Å². The first-order chi connectivity index (χ1) is 11.0. The molecule has 118 valence electrons. The number of thiazole rings is 1. The van der Waals surface area contributed by atoms with Crippen molar-refractivity contribution in [3.63, 3.8) is 0 Å². The van der Waals surface area contributed by atoms with Crippen molar-refractivity contribution in [1.29, 1.82) is 0 Å². The van der Waals surface area contributed by atoms with Crippen LogP contribution >= 0.6 is 22.9 Å². The Hall–Kier alpha value is -2.38. The zero-order chi connectivity index (χ0) is 16.4. The number of carbonyl (C=O) groups is 2. The summed E-state index contributed by atoms with van der Waals surface area (Å²) < 4.78 is 10.0. The van der Waals surface area contributed by atoms with E-state index in [0.29, 0.717) is 21.4 Å². The van der Waals surface area contributed by atoms with E-state index in [1.807, 2.05) is 0 Å². The van der Waals surface area contributed by atoms with E-state index in [-0.39, 0.29) is 18.2 Å². The van der Waals surface area contributed by atoms with Gasteiger partial charge in [-0.1, -0.05) is 11.6 Å². The largest absolute Gasteiger partial charge is 0.469 e. The van der Waals surface area contributed by atoms with E-state index in [2.05, 4.69) is 15.0 Å². The topological polar surface area (TPSA) is 81.4 Å². The van der Waals surface area contributed by atoms with Gasteiger partial charge in [0.05, 0.1) is 19.2 Å². The molecule has 0 saturated heterocycles. The Bertz CT molecular complexity index is 887. The number of hydrogen-bond donors (Lipinski definition) is 1. The summed E-state index contributed by atoms with van der Waals surface area (Å²) in [6.07, 6.45) is 0.0615. The molecule has 2 aromatic heterocycles. The number of aromatic nitrogens is 1. The molecule has 6 nitrogen and oxygen atoms in total. The van der Waals surface area contributed by atoms with Crippen molar-refractivity contribution in [3.05, 3.63) is 46.1 Å². The van der Waals surface area contributed by atoms with Crippen molar-refractivity contribution in [3.8, 4) is 0 Å². The molecule has 0 unspecified atom stereocenters. The molecule has 2 heterocycles. The van der Waals surface area contributed by atoms with E-state index in [4.69, 9.17) is 16.0 Å². The SMILES string of the molecule is COC(=O)Cc1csc(NC(=O)c2cc3cc(Cl)ccc3o2)n1. The van der Waals surface area contributed by atoms with Crippen LogP contribution in [-0.2, 0) is 16.0 Å². The van der Waals surface area contributed by atoms with Gasteiger partial charge in [-0.05, 0) is 24.3 Å². The van der Waals surface area contributed by atoms with Crippen LogP contribution in [0.5, 0.6) is 0 Å². The summed E-state index contributed by atoms with van der Waals surface area (Å²) in [6.45, 7) is 0. The van der Waals surface area contributed by atoms with Crippen molar-refractivity contribution in [2.24, 2.45) is 0 Å². The molecule has 0 saturated carbocycles. The van der Waals surface area contributed by atoms with E-state index in [1.165, 1.54) is 18.4 Å². The Kier molecular flexibility index (Phi) is 4.31. The number of anilines is 1. The van der Waals surface area contributed by atoms with Crippen LogP contribution in [0.1, 0.15) is 16.2 Å². The predicted octanol–water partition coefficient (Wildman–Crippen LogP) is 3.51. The summed E-state index contributed by atoms with van der Waals surface area (Å²) in [5.41, 5.74) is 1.11. The number of halogens is 1. The molecule has 0 radical (unpaired) electrons. The molecule has 1 amide bonds. The lowest BCUT2D eigenvalue weighted by atomic mass is 10.2. The normalized spacial score (nSPS) is 10.7. The smallest absolute Gasteiger partial charge is 0.311 e. The van der Waals surface area contributed by atoms with E-state index >= 15 is 0 Å². The zero-order valence-corrected chi connectivity index (χ0v) is 13.5. The van der Waals surface area contributed by atoms with Gasteiger partial charge in [-0.25, -0.2) is 4.98 Å². The summed E-state index contributed by atoms with van der Waals surface area (Å²) >= 11 is 7.13. The molecule has 1 N–H and O–H groups in total. The molecular weight excluding hydrogens is 340 g/mol. The molecule has 3 rings (SSSR count). The molecular formula is C15H11ClN2O4S. The third kappa shape index (κ3) is 3.52. The van der Waals surface area contributed by atoms with E-state index in [9.17, 15) is 9.59 Å². The summed E-state index contributed by atoms with van der Waals surface area (Å²) in [5.74, 6) is -0.648. The Morgan fingerprint density at radius 1 is 1.39 bits per heavy atom. The first-order valence-corrected chi connectivity index (χ1v) is 7.82. The van der Waals surface area contributed by atoms with Crippen LogP contribution in [0.4, 0.5) is 5.13 Å². The summed E-state index contributed by atoms with van der Waals surface area (Å²) in [5, 5.41) is 6.01. The van der Waals surface area contributed by atoms with Crippen molar-refractivity contribution in [1.82, 2.24) is 4.98 Å². The molecule has 0 aliphatic rings. The maximum absolute atomic E-state index is 12.2. The highest BCUT2D eigenvalue weighted by Gasteiger charge is 2.15. The van der Waals surface area contributed by atoms with Crippen molar-refractivity contribution < 1.29 is 18.7 Å². The van der Waals surface area contributed by atoms with Gasteiger partial charge in [-0.3, -0.25) is 14.9 Å². The van der Waals surface area contributed by atoms with Crippen LogP contribution in [0.25, 0.3) is 11.0 Å². The van der Waals surface area contributed by atoms with E-state index < -0.39 is 5.91 Å². The van der Waals surface area contributed by atoms with Gasteiger partial charge >= 0.3 is 5.97 Å². The van der Waals surface area contributed by atoms with Crippen LogP contribution in [0.3, 0.4) is 0 Å². The fraction of sp³-hybridized carbons (Fsp3) is 0.133. The summed E-state index contributed by atoms with van der Waals surface area (Å²) in [7, 11) is 1.31. The van der Waals surface area contributed by atoms with Crippen LogP contribution in [0.15, 0.2) is 34.1 Å². The first kappa shape index (κ1) is 15.5. The first-order valence-electron chi connectivity index (χ1n) is 6.57. The molecule has 8 heteroatoms. The van der Waals surface area contributed by atoms with Crippen LogP contribution < -0.4 is 5.32 Å². The maximum atomic E-state index is 12.2. The van der Waals surface area contributed by atoms with Gasteiger partial charge in [-0.2, -0.15) is 0 Å². The minimum absolute atomic E-state index is 0.0615. The van der Waals surface area contributed by atoms with Gasteiger partial charge in [0.1, 0.15) is 5.58 Å². The van der Waals surface area contributed by atoms with E-state index in [1.54, 1.807) is 29.6 Å². The van der Waals surface area contributed by atoms with Crippen LogP contribution in [-0.4, -0.2) is 24.0 Å². The Morgan fingerprint density at radius 3 is 3.00 bits per heavy atom. The number of methoxy groups -OCH3 is 1. The number of amides is 1. The number of nitrogens with zero attached hydrogens (tertiary/aromatic N) is 1. The maximum Gasteiger partial charge on any atom is 0.311 e. The minimum Gasteiger partial charge on any atom is -0.469 e. The van der Waals surface area contributed by atoms with Crippen molar-refractivity contribution in [2.75, 3.05) is 12.4 Å². The fourth-order valence-electron chi connectivity index (χ4n) is 1.95. The number of ether oxygens (including phenoxy) is 1. The third-order valence-corrected chi connectivity index (χ3v) is 4.07. The van der Waals surface area contributed by atoms with Crippen molar-refractivity contribution >= 4 is 50.9 Å². The third-order valence-electron chi connectivity index (χ3n) is 3.03. The highest BCUT2D eigenvalue weighted by Crippen LogP contribution is 2.24. The van der Waals surface area contributed by atoms with Crippen molar-refractivity contribution in [2.45, 2.75) is 6.42 Å². The predicted molar refractivity (Wildman–Crippen MR) is 87.0 cm³/mol. The second kappa shape index (κ2) is 6.39. The van der Waals surface area contributed by atoms with Gasteiger partial charge in [0, 0.05) is 15.8 Å². The number of fused-ring (bicyclic) bond motifs is 1. The molecule has 0 aliphatic carbocycles. The lowest BCUT2D eigenvalue weighted by Gasteiger charge is -1.97. The Labute approximate surface area is 140 Å². The number of esters is 1. The van der Waals surface area contributed by atoms with Gasteiger partial charge in [0.15, 0.2) is 10.9 Å². The second-order valence-corrected chi connectivity index (χ2v) is 5.94. The van der Waals surface area contributed by atoms with Gasteiger partial charge in [-0.15, -0.1) is 11.3 Å². The number of furan rings is 1. The molecule has 0 bridgehead atoms. The Morgan fingerprint density at radius 2 is 2.22 bits per heavy atom. The number of rotatable bonds is 4. The molecule has 23 heavy (non-hydrogen) atoms. The molecule has 3 aromatic rings. The van der Waals surface area contributed by atoms with Gasteiger partial charge in [0.25, 0.3) is 5.91 Å². The van der Waals surface area contributed by atoms with Crippen LogP contribution in [0, 0.1) is 0 Å². The average Bonchev–Trinajstić information content (AvgIpc) is 3.13. The average molecular weight is 351 g/mol. The fourth-order valence-corrected chi connectivity index (χ4v) is 2.84. The highest BCUT2D eigenvalue weighted by molar-refractivity contribution is 7.14. The molecule has 0 atom stereocenters. The standard InChI is InChI=1S/C15H11ClN2O4S/c1-21-13(19)6-10-7-23-15(17-10)18-14(20)12-5-8-4-9(16)2-3-11(8)22-12/h2-5,7H,6H2,1H3,(H,17,18,20). The zero-order valence-electron chi connectivity index (χ0n) is 12.0.